The first-order valence-corrected chi connectivity index (χ1v) is 9.95. The lowest BCUT2D eigenvalue weighted by molar-refractivity contribution is 0.567. The molecule has 1 N–H and O–H groups in total. The Hall–Kier alpha value is -3.39. The number of aromatic nitrogens is 2. The Bertz CT molecular complexity index is 1340. The van der Waals surface area contributed by atoms with Gasteiger partial charge in [-0.15, -0.1) is 0 Å². The van der Waals surface area contributed by atoms with Gasteiger partial charge in [0.15, 0.2) is 0 Å². The SMILES string of the molecule is O=S(=O)(c1cc(F)cc(F)c1)c1ccc2n[nH]c(/C=C/c3ccccc3F)c2c1. The number of nitrogens with zero attached hydrogens (tertiary/aromatic N) is 1. The number of sulfone groups is 1. The predicted molar refractivity (Wildman–Crippen MR) is 103 cm³/mol. The summed E-state index contributed by atoms with van der Waals surface area (Å²) in [5, 5.41) is 7.33. The van der Waals surface area contributed by atoms with Gasteiger partial charge in [0.05, 0.1) is 21.0 Å². The molecule has 0 aliphatic heterocycles. The van der Waals surface area contributed by atoms with Crippen LogP contribution >= 0.6 is 0 Å². The summed E-state index contributed by atoms with van der Waals surface area (Å²) in [5.41, 5.74) is 1.31. The number of nitrogens with one attached hydrogen (secondary N) is 1. The van der Waals surface area contributed by atoms with Crippen LogP contribution in [0.5, 0.6) is 0 Å². The van der Waals surface area contributed by atoms with Crippen LogP contribution in [0.15, 0.2) is 70.5 Å². The fourth-order valence-electron chi connectivity index (χ4n) is 2.91. The molecule has 0 bridgehead atoms. The van der Waals surface area contributed by atoms with E-state index in [0.29, 0.717) is 28.2 Å². The van der Waals surface area contributed by atoms with E-state index in [1.165, 1.54) is 30.3 Å². The molecular weight excluding hydrogens is 401 g/mol. The van der Waals surface area contributed by atoms with Crippen LogP contribution in [0.25, 0.3) is 23.1 Å². The first-order chi connectivity index (χ1) is 13.8. The number of aromatic amines is 1. The Balaban J connectivity index is 1.78. The van der Waals surface area contributed by atoms with Gasteiger partial charge < -0.3 is 0 Å². The lowest BCUT2D eigenvalue weighted by Crippen LogP contribution is -2.03. The molecule has 3 aromatic carbocycles. The Morgan fingerprint density at radius 1 is 0.828 bits per heavy atom. The van der Waals surface area contributed by atoms with Crippen LogP contribution in [-0.2, 0) is 9.84 Å². The number of rotatable bonds is 4. The fourth-order valence-corrected chi connectivity index (χ4v) is 4.23. The van der Waals surface area contributed by atoms with E-state index in [2.05, 4.69) is 10.2 Å². The van der Waals surface area contributed by atoms with E-state index in [-0.39, 0.29) is 4.90 Å². The van der Waals surface area contributed by atoms with Gasteiger partial charge in [-0.2, -0.15) is 5.10 Å². The molecule has 0 fully saturated rings. The van der Waals surface area contributed by atoms with E-state index >= 15 is 0 Å². The fraction of sp³-hybridized carbons (Fsp3) is 0. The Morgan fingerprint density at radius 2 is 1.55 bits per heavy atom. The van der Waals surface area contributed by atoms with Crippen molar-refractivity contribution < 1.29 is 21.6 Å². The number of fused-ring (bicyclic) bond motifs is 1. The van der Waals surface area contributed by atoms with Gasteiger partial charge in [-0.3, -0.25) is 5.10 Å². The molecule has 1 aromatic heterocycles. The maximum Gasteiger partial charge on any atom is 0.206 e. The maximum absolute atomic E-state index is 13.8. The van der Waals surface area contributed by atoms with Gasteiger partial charge in [-0.05, 0) is 48.6 Å². The zero-order valence-electron chi connectivity index (χ0n) is 14.7. The lowest BCUT2D eigenvalue weighted by Gasteiger charge is -2.05. The third-order valence-corrected chi connectivity index (χ3v) is 6.08. The molecule has 0 amide bonds. The molecule has 4 nitrogen and oxygen atoms in total. The van der Waals surface area contributed by atoms with Crippen LogP contribution in [-0.4, -0.2) is 18.6 Å². The minimum atomic E-state index is -4.15. The molecule has 4 aromatic rings. The molecule has 4 rings (SSSR count). The van der Waals surface area contributed by atoms with Gasteiger partial charge in [0.1, 0.15) is 17.5 Å². The molecule has 8 heteroatoms. The largest absolute Gasteiger partial charge is 0.277 e. The minimum Gasteiger partial charge on any atom is -0.277 e. The standard InChI is InChI=1S/C21H13F3N2O2S/c22-14-9-15(23)11-17(10-14)29(27,28)16-6-8-21-18(12-16)20(25-26-21)7-5-13-3-1-2-4-19(13)24/h1-12H,(H,25,26)/b7-5+. The number of H-pyrrole nitrogens is 1. The van der Waals surface area contributed by atoms with Crippen LogP contribution in [0.2, 0.25) is 0 Å². The normalized spacial score (nSPS) is 12.1. The van der Waals surface area contributed by atoms with Crippen molar-refractivity contribution in [2.75, 3.05) is 0 Å². The van der Waals surface area contributed by atoms with Crippen LogP contribution in [0.3, 0.4) is 0 Å². The second-order valence-electron chi connectivity index (χ2n) is 6.28. The van der Waals surface area contributed by atoms with Crippen molar-refractivity contribution in [3.05, 3.63) is 89.4 Å². The third kappa shape index (κ3) is 3.66. The van der Waals surface area contributed by atoms with Crippen molar-refractivity contribution >= 4 is 32.9 Å². The Morgan fingerprint density at radius 3 is 2.28 bits per heavy atom. The van der Waals surface area contributed by atoms with Gasteiger partial charge in [-0.25, -0.2) is 21.6 Å². The van der Waals surface area contributed by atoms with E-state index in [0.717, 1.165) is 12.1 Å². The zero-order valence-corrected chi connectivity index (χ0v) is 15.6. The number of hydrogen-bond acceptors (Lipinski definition) is 3. The van der Waals surface area contributed by atoms with Crippen molar-refractivity contribution in [2.24, 2.45) is 0 Å². The van der Waals surface area contributed by atoms with E-state index < -0.39 is 32.2 Å². The third-order valence-electron chi connectivity index (χ3n) is 4.35. The molecule has 0 aliphatic rings. The average molecular weight is 414 g/mol. The number of hydrogen-bond donors (Lipinski definition) is 1. The molecule has 1 heterocycles. The highest BCUT2D eigenvalue weighted by molar-refractivity contribution is 7.91. The monoisotopic (exact) mass is 414 g/mol. The maximum atomic E-state index is 13.8. The van der Waals surface area contributed by atoms with Crippen molar-refractivity contribution in [1.29, 1.82) is 0 Å². The smallest absolute Gasteiger partial charge is 0.206 e. The molecule has 0 aliphatic carbocycles. The second-order valence-corrected chi connectivity index (χ2v) is 8.23. The average Bonchev–Trinajstić information content (AvgIpc) is 3.09. The molecule has 0 unspecified atom stereocenters. The van der Waals surface area contributed by atoms with E-state index in [4.69, 9.17) is 0 Å². The Labute approximate surface area is 164 Å². The Kier molecular flexibility index (Phi) is 4.71. The molecule has 0 saturated heterocycles. The van der Waals surface area contributed by atoms with Crippen molar-refractivity contribution in [2.45, 2.75) is 9.79 Å². The van der Waals surface area contributed by atoms with E-state index in [1.807, 2.05) is 0 Å². The van der Waals surface area contributed by atoms with Crippen LogP contribution in [0.4, 0.5) is 13.2 Å². The van der Waals surface area contributed by atoms with Gasteiger partial charge in [-0.1, -0.05) is 18.2 Å². The number of benzene rings is 3. The minimum absolute atomic E-state index is 0.142. The molecule has 29 heavy (non-hydrogen) atoms. The summed E-state index contributed by atoms with van der Waals surface area (Å²) in [6.07, 6.45) is 3.11. The summed E-state index contributed by atoms with van der Waals surface area (Å²) in [6.45, 7) is 0. The first kappa shape index (κ1) is 18.9. The molecule has 146 valence electrons. The summed E-state index contributed by atoms with van der Waals surface area (Å²) in [7, 11) is -4.15. The molecular formula is C21H13F3N2O2S. The van der Waals surface area contributed by atoms with Gasteiger partial charge in [0, 0.05) is 17.0 Å². The van der Waals surface area contributed by atoms with Crippen LogP contribution < -0.4 is 0 Å². The summed E-state index contributed by atoms with van der Waals surface area (Å²) in [6, 6.07) is 12.5. The van der Waals surface area contributed by atoms with E-state index in [1.54, 1.807) is 24.3 Å². The quantitative estimate of drug-likeness (QED) is 0.512. The highest BCUT2D eigenvalue weighted by atomic mass is 32.2. The van der Waals surface area contributed by atoms with Gasteiger partial charge in [0.2, 0.25) is 9.84 Å². The highest BCUT2D eigenvalue weighted by Gasteiger charge is 2.21. The highest BCUT2D eigenvalue weighted by Crippen LogP contribution is 2.27. The van der Waals surface area contributed by atoms with Crippen molar-refractivity contribution in [3.8, 4) is 0 Å². The summed E-state index contributed by atoms with van der Waals surface area (Å²) >= 11 is 0. The molecule has 0 atom stereocenters. The second kappa shape index (κ2) is 7.21. The van der Waals surface area contributed by atoms with Crippen LogP contribution in [0, 0.1) is 17.5 Å². The molecule has 0 spiro atoms. The molecule has 0 saturated carbocycles. The summed E-state index contributed by atoms with van der Waals surface area (Å²) < 4.78 is 66.4. The topological polar surface area (TPSA) is 62.8 Å². The van der Waals surface area contributed by atoms with Gasteiger partial charge >= 0.3 is 0 Å². The predicted octanol–water partition coefficient (Wildman–Crippen LogP) is 4.98. The summed E-state index contributed by atoms with van der Waals surface area (Å²) in [5.74, 6) is -2.37. The lowest BCUT2D eigenvalue weighted by atomic mass is 10.1. The van der Waals surface area contributed by atoms with Crippen molar-refractivity contribution in [1.82, 2.24) is 10.2 Å². The van der Waals surface area contributed by atoms with Gasteiger partial charge in [0.25, 0.3) is 0 Å². The number of halogens is 3. The van der Waals surface area contributed by atoms with Crippen LogP contribution in [0.1, 0.15) is 11.3 Å². The first-order valence-electron chi connectivity index (χ1n) is 8.46. The zero-order chi connectivity index (χ0) is 20.6. The molecule has 0 radical (unpaired) electrons. The van der Waals surface area contributed by atoms with Crippen molar-refractivity contribution in [3.63, 3.8) is 0 Å². The summed E-state index contributed by atoms with van der Waals surface area (Å²) in [4.78, 5) is -0.627. The van der Waals surface area contributed by atoms with E-state index in [9.17, 15) is 21.6 Å².